The minimum absolute atomic E-state index is 0.0963. The maximum Gasteiger partial charge on any atom is 0.408 e. The molecular weight excluding hydrogens is 468 g/mol. The fourth-order valence-electron chi connectivity index (χ4n) is 3.27. The molecule has 2 heterocycles. The zero-order valence-electron chi connectivity index (χ0n) is 18.2. The van der Waals surface area contributed by atoms with Crippen LogP contribution in [0.4, 0.5) is 10.6 Å². The first kappa shape index (κ1) is 25.8. The third-order valence-corrected chi connectivity index (χ3v) is 5.08. The molecule has 1 aliphatic rings. The molecule has 2 aromatic rings. The first-order chi connectivity index (χ1) is 16.7. The lowest BCUT2D eigenvalue weighted by Crippen LogP contribution is -2.43. The number of benzene rings is 1. The standard InChI is InChI=1S/C21H24N4O10/c26-9-13-16(28)17(29)18(35-13)25-7-6-14(24-20(25)32)23-15(27)8-12(19(30)31)22-21(33)34-10-11-4-2-1-3-5-11/h1-7,12-13,16-18,26,28-29H,8-10H2,(H,22,33)(H,30,31)(H,23,24,27,32)/t12-,13+,16+,17-,18+/m0/s1. The Labute approximate surface area is 197 Å². The van der Waals surface area contributed by atoms with Gasteiger partial charge in [-0.05, 0) is 11.6 Å². The molecule has 0 aliphatic carbocycles. The van der Waals surface area contributed by atoms with Crippen molar-refractivity contribution in [3.8, 4) is 0 Å². The van der Waals surface area contributed by atoms with Crippen molar-refractivity contribution in [3.63, 3.8) is 0 Å². The molecule has 5 atom stereocenters. The summed E-state index contributed by atoms with van der Waals surface area (Å²) in [6.45, 7) is -0.676. The second kappa shape index (κ2) is 11.5. The summed E-state index contributed by atoms with van der Waals surface area (Å²) in [5.41, 5.74) is -0.264. The van der Waals surface area contributed by atoms with E-state index in [1.165, 1.54) is 6.07 Å². The smallest absolute Gasteiger partial charge is 0.408 e. The van der Waals surface area contributed by atoms with Crippen molar-refractivity contribution in [2.75, 3.05) is 11.9 Å². The van der Waals surface area contributed by atoms with Crippen LogP contribution in [0.2, 0.25) is 0 Å². The van der Waals surface area contributed by atoms with E-state index < -0.39 is 67.3 Å². The lowest BCUT2D eigenvalue weighted by atomic mass is 10.1. The Morgan fingerprint density at radius 1 is 1.14 bits per heavy atom. The van der Waals surface area contributed by atoms with Crippen LogP contribution in [0.15, 0.2) is 47.4 Å². The Hall–Kier alpha value is -3.85. The van der Waals surface area contributed by atoms with Crippen LogP contribution in [-0.4, -0.2) is 78.9 Å². The normalized spacial score (nSPS) is 22.3. The summed E-state index contributed by atoms with van der Waals surface area (Å²) in [5.74, 6) is -2.57. The predicted octanol–water partition coefficient (Wildman–Crippen LogP) is -1.44. The van der Waals surface area contributed by atoms with Crippen LogP contribution in [0.1, 0.15) is 18.2 Å². The minimum atomic E-state index is -1.61. The van der Waals surface area contributed by atoms with E-state index >= 15 is 0 Å². The summed E-state index contributed by atoms with van der Waals surface area (Å²) in [4.78, 5) is 51.6. The Morgan fingerprint density at radius 2 is 1.86 bits per heavy atom. The third-order valence-electron chi connectivity index (χ3n) is 5.08. The molecule has 0 bridgehead atoms. The molecule has 0 saturated carbocycles. The summed E-state index contributed by atoms with van der Waals surface area (Å²) in [6, 6.07) is 8.26. The number of carboxylic acids is 1. The van der Waals surface area contributed by atoms with Crippen molar-refractivity contribution < 1.29 is 44.3 Å². The number of aliphatic hydroxyl groups is 3. The van der Waals surface area contributed by atoms with Crippen molar-refractivity contribution >= 4 is 23.8 Å². The van der Waals surface area contributed by atoms with E-state index in [9.17, 15) is 34.5 Å². The number of hydrogen-bond donors (Lipinski definition) is 6. The molecule has 35 heavy (non-hydrogen) atoms. The quantitative estimate of drug-likeness (QED) is 0.239. The molecule has 1 aromatic heterocycles. The molecule has 0 unspecified atom stereocenters. The second-order valence-corrected chi connectivity index (χ2v) is 7.58. The van der Waals surface area contributed by atoms with Gasteiger partial charge in [0.05, 0.1) is 13.0 Å². The summed E-state index contributed by atoms with van der Waals surface area (Å²) < 4.78 is 11.1. The molecule has 14 nitrogen and oxygen atoms in total. The molecule has 6 N–H and O–H groups in total. The van der Waals surface area contributed by atoms with Gasteiger partial charge in [0.25, 0.3) is 0 Å². The zero-order chi connectivity index (χ0) is 25.5. The molecule has 188 valence electrons. The van der Waals surface area contributed by atoms with Crippen LogP contribution in [0.25, 0.3) is 0 Å². The Balaban J connectivity index is 1.57. The van der Waals surface area contributed by atoms with Gasteiger partial charge in [-0.15, -0.1) is 0 Å². The van der Waals surface area contributed by atoms with Gasteiger partial charge in [-0.2, -0.15) is 4.98 Å². The molecule has 3 rings (SSSR count). The number of anilines is 1. The SMILES string of the molecule is O=C(C[C@H](NC(=O)OCc1ccccc1)C(=O)O)Nc1ccn([C@@H]2O[C@H](CO)[C@@H](O)[C@@H]2O)c(=O)n1. The zero-order valence-corrected chi connectivity index (χ0v) is 18.2. The number of carboxylic acid groups (broad SMARTS) is 1. The number of carbonyl (C=O) groups is 3. The van der Waals surface area contributed by atoms with Crippen LogP contribution in [-0.2, 0) is 25.7 Å². The highest BCUT2D eigenvalue weighted by molar-refractivity contribution is 5.94. The Bertz CT molecular complexity index is 1110. The average molecular weight is 492 g/mol. The summed E-state index contributed by atoms with van der Waals surface area (Å²) in [6.07, 6.45) is -5.91. The number of hydrogen-bond acceptors (Lipinski definition) is 10. The molecule has 2 amide bonds. The largest absolute Gasteiger partial charge is 0.480 e. The predicted molar refractivity (Wildman–Crippen MR) is 116 cm³/mol. The van der Waals surface area contributed by atoms with E-state index in [2.05, 4.69) is 15.6 Å². The third kappa shape index (κ3) is 6.60. The van der Waals surface area contributed by atoms with E-state index in [0.29, 0.717) is 5.56 Å². The van der Waals surface area contributed by atoms with Crippen molar-refractivity contribution in [2.45, 2.75) is 43.6 Å². The first-order valence-corrected chi connectivity index (χ1v) is 10.4. The molecule has 0 radical (unpaired) electrons. The number of rotatable bonds is 9. The van der Waals surface area contributed by atoms with E-state index in [-0.39, 0.29) is 12.4 Å². The van der Waals surface area contributed by atoms with Gasteiger partial charge in [-0.3, -0.25) is 9.36 Å². The van der Waals surface area contributed by atoms with Crippen molar-refractivity contribution in [1.82, 2.24) is 14.9 Å². The first-order valence-electron chi connectivity index (χ1n) is 10.4. The van der Waals surface area contributed by atoms with Gasteiger partial charge >= 0.3 is 17.8 Å². The number of ether oxygens (including phenoxy) is 2. The fourth-order valence-corrected chi connectivity index (χ4v) is 3.27. The topological polar surface area (TPSA) is 210 Å². The Morgan fingerprint density at radius 3 is 2.46 bits per heavy atom. The van der Waals surface area contributed by atoms with Gasteiger partial charge < -0.3 is 40.5 Å². The van der Waals surface area contributed by atoms with E-state index in [1.807, 2.05) is 0 Å². The Kier molecular flexibility index (Phi) is 8.48. The van der Waals surface area contributed by atoms with Gasteiger partial charge in [0.15, 0.2) is 6.23 Å². The van der Waals surface area contributed by atoms with Crippen LogP contribution in [0.5, 0.6) is 0 Å². The van der Waals surface area contributed by atoms with Gasteiger partial charge in [-0.25, -0.2) is 14.4 Å². The van der Waals surface area contributed by atoms with Gasteiger partial charge in [0, 0.05) is 6.20 Å². The number of nitrogens with zero attached hydrogens (tertiary/aromatic N) is 2. The van der Waals surface area contributed by atoms with E-state index in [0.717, 1.165) is 10.8 Å². The summed E-state index contributed by atoms with van der Waals surface area (Å²) >= 11 is 0. The van der Waals surface area contributed by atoms with Crippen LogP contribution in [0, 0.1) is 0 Å². The van der Waals surface area contributed by atoms with Crippen molar-refractivity contribution in [3.05, 3.63) is 58.6 Å². The lowest BCUT2D eigenvalue weighted by Gasteiger charge is -2.17. The molecule has 1 aromatic carbocycles. The molecule has 1 aliphatic heterocycles. The fraction of sp³-hybridized carbons (Fsp3) is 0.381. The van der Waals surface area contributed by atoms with Crippen molar-refractivity contribution in [2.24, 2.45) is 0 Å². The molecule has 1 saturated heterocycles. The van der Waals surface area contributed by atoms with E-state index in [1.54, 1.807) is 30.3 Å². The number of aromatic nitrogens is 2. The van der Waals surface area contributed by atoms with Crippen molar-refractivity contribution in [1.29, 1.82) is 0 Å². The number of aliphatic carboxylic acids is 1. The highest BCUT2D eigenvalue weighted by Crippen LogP contribution is 2.28. The van der Waals surface area contributed by atoms with Gasteiger partial charge in [0.2, 0.25) is 5.91 Å². The molecule has 14 heteroatoms. The van der Waals surface area contributed by atoms with Gasteiger partial charge in [0.1, 0.15) is 36.8 Å². The number of carbonyl (C=O) groups excluding carboxylic acids is 2. The van der Waals surface area contributed by atoms with E-state index in [4.69, 9.17) is 14.6 Å². The monoisotopic (exact) mass is 492 g/mol. The maximum atomic E-state index is 12.3. The molecule has 0 spiro atoms. The second-order valence-electron chi connectivity index (χ2n) is 7.58. The van der Waals surface area contributed by atoms with Crippen LogP contribution in [0.3, 0.4) is 0 Å². The highest BCUT2D eigenvalue weighted by atomic mass is 16.6. The number of alkyl carbamates (subject to hydrolysis) is 1. The maximum absolute atomic E-state index is 12.3. The number of amides is 2. The number of aliphatic hydroxyl groups excluding tert-OH is 3. The molecular formula is C21H24N4O10. The molecule has 1 fully saturated rings. The summed E-state index contributed by atoms with van der Waals surface area (Å²) in [5, 5.41) is 42.7. The van der Waals surface area contributed by atoms with Crippen LogP contribution >= 0.6 is 0 Å². The van der Waals surface area contributed by atoms with Gasteiger partial charge in [-0.1, -0.05) is 30.3 Å². The highest BCUT2D eigenvalue weighted by Gasteiger charge is 2.43. The summed E-state index contributed by atoms with van der Waals surface area (Å²) in [7, 11) is 0. The lowest BCUT2D eigenvalue weighted by molar-refractivity contribution is -0.140. The number of nitrogens with one attached hydrogen (secondary N) is 2. The van der Waals surface area contributed by atoms with Crippen LogP contribution < -0.4 is 16.3 Å². The average Bonchev–Trinajstić information content (AvgIpc) is 3.11. The minimum Gasteiger partial charge on any atom is -0.480 e.